The van der Waals surface area contributed by atoms with Crippen LogP contribution in [0.15, 0.2) is 24.3 Å². The molecule has 0 aromatic heterocycles. The molecule has 1 saturated heterocycles. The largest absolute Gasteiger partial charge is 0.380 e. The Hall–Kier alpha value is -1.43. The van der Waals surface area contributed by atoms with Crippen molar-refractivity contribution in [2.45, 2.75) is 44.4 Å². The second kappa shape index (κ2) is 8.27. The average molecular weight is 306 g/mol. The van der Waals surface area contributed by atoms with Gasteiger partial charge in [0.25, 0.3) is 0 Å². The Morgan fingerprint density at radius 3 is 2.82 bits per heavy atom. The highest BCUT2D eigenvalue weighted by atomic mass is 16.5. The SMILES string of the molecule is COC(CN)CC(=O)NC1CCCOC1c1ccc(C)cc1. The number of hydrogen-bond donors (Lipinski definition) is 2. The highest BCUT2D eigenvalue weighted by Gasteiger charge is 2.29. The molecule has 1 heterocycles. The van der Waals surface area contributed by atoms with Gasteiger partial charge in [-0.2, -0.15) is 0 Å². The molecule has 1 aromatic rings. The number of amides is 1. The zero-order valence-corrected chi connectivity index (χ0v) is 13.4. The molecule has 0 spiro atoms. The van der Waals surface area contributed by atoms with E-state index in [1.807, 2.05) is 0 Å². The third-order valence-electron chi connectivity index (χ3n) is 4.08. The van der Waals surface area contributed by atoms with Gasteiger partial charge in [0.1, 0.15) is 6.10 Å². The first kappa shape index (κ1) is 16.9. The van der Waals surface area contributed by atoms with Crippen LogP contribution in [0.25, 0.3) is 0 Å². The highest BCUT2D eigenvalue weighted by molar-refractivity contribution is 5.76. The van der Waals surface area contributed by atoms with Crippen molar-refractivity contribution in [1.29, 1.82) is 0 Å². The number of carbonyl (C=O) groups is 1. The smallest absolute Gasteiger partial charge is 0.222 e. The minimum Gasteiger partial charge on any atom is -0.380 e. The molecule has 0 aliphatic carbocycles. The van der Waals surface area contributed by atoms with Crippen molar-refractivity contribution < 1.29 is 14.3 Å². The van der Waals surface area contributed by atoms with Crippen LogP contribution in [0.1, 0.15) is 36.5 Å². The fourth-order valence-corrected chi connectivity index (χ4v) is 2.75. The summed E-state index contributed by atoms with van der Waals surface area (Å²) in [6.45, 7) is 3.13. The maximum absolute atomic E-state index is 12.2. The van der Waals surface area contributed by atoms with E-state index in [0.717, 1.165) is 25.0 Å². The number of methoxy groups -OCH3 is 1. The van der Waals surface area contributed by atoms with Crippen molar-refractivity contribution in [1.82, 2.24) is 5.32 Å². The maximum Gasteiger partial charge on any atom is 0.222 e. The van der Waals surface area contributed by atoms with Crippen LogP contribution >= 0.6 is 0 Å². The first-order valence-corrected chi connectivity index (χ1v) is 7.84. The van der Waals surface area contributed by atoms with Gasteiger partial charge in [-0.1, -0.05) is 29.8 Å². The van der Waals surface area contributed by atoms with Crippen LogP contribution in [-0.4, -0.2) is 38.3 Å². The Bertz CT molecular complexity index is 471. The van der Waals surface area contributed by atoms with E-state index in [0.29, 0.717) is 6.54 Å². The minimum atomic E-state index is -0.234. The topological polar surface area (TPSA) is 73.6 Å². The maximum atomic E-state index is 12.2. The highest BCUT2D eigenvalue weighted by Crippen LogP contribution is 2.28. The summed E-state index contributed by atoms with van der Waals surface area (Å²) in [5.74, 6) is -0.0371. The third kappa shape index (κ3) is 4.53. The lowest BCUT2D eigenvalue weighted by Gasteiger charge is -2.33. The van der Waals surface area contributed by atoms with E-state index in [9.17, 15) is 4.79 Å². The molecule has 5 heteroatoms. The normalized spacial score (nSPS) is 23.0. The molecule has 22 heavy (non-hydrogen) atoms. The van der Waals surface area contributed by atoms with Crippen LogP contribution in [0.5, 0.6) is 0 Å². The summed E-state index contributed by atoms with van der Waals surface area (Å²) in [6, 6.07) is 8.28. The predicted octanol–water partition coefficient (Wildman–Crippen LogP) is 1.70. The van der Waals surface area contributed by atoms with E-state index in [1.165, 1.54) is 5.56 Å². The number of nitrogens with two attached hydrogens (primary N) is 1. The van der Waals surface area contributed by atoms with Crippen LogP contribution in [-0.2, 0) is 14.3 Å². The van der Waals surface area contributed by atoms with Gasteiger partial charge in [-0.3, -0.25) is 4.79 Å². The zero-order valence-electron chi connectivity index (χ0n) is 13.4. The molecule has 1 aromatic carbocycles. The Kier molecular flexibility index (Phi) is 6.36. The molecule has 5 nitrogen and oxygen atoms in total. The number of ether oxygens (including phenoxy) is 2. The molecule has 1 fully saturated rings. The number of aryl methyl sites for hydroxylation is 1. The van der Waals surface area contributed by atoms with Crippen molar-refractivity contribution in [3.63, 3.8) is 0 Å². The monoisotopic (exact) mass is 306 g/mol. The van der Waals surface area contributed by atoms with Gasteiger partial charge >= 0.3 is 0 Å². The first-order chi connectivity index (χ1) is 10.6. The molecule has 0 bridgehead atoms. The van der Waals surface area contributed by atoms with Gasteiger partial charge in [0.15, 0.2) is 0 Å². The lowest BCUT2D eigenvalue weighted by Crippen LogP contribution is -2.44. The van der Waals surface area contributed by atoms with E-state index >= 15 is 0 Å². The van der Waals surface area contributed by atoms with E-state index in [4.69, 9.17) is 15.2 Å². The van der Waals surface area contributed by atoms with Crippen molar-refractivity contribution in [2.75, 3.05) is 20.3 Å². The van der Waals surface area contributed by atoms with Gasteiger partial charge in [-0.05, 0) is 25.3 Å². The lowest BCUT2D eigenvalue weighted by atomic mass is 9.95. The summed E-state index contributed by atoms with van der Waals surface area (Å²) in [5.41, 5.74) is 7.89. The van der Waals surface area contributed by atoms with Gasteiger partial charge < -0.3 is 20.5 Å². The van der Waals surface area contributed by atoms with Crippen molar-refractivity contribution in [3.8, 4) is 0 Å². The van der Waals surface area contributed by atoms with Crippen molar-refractivity contribution >= 4 is 5.91 Å². The standard InChI is InChI=1S/C17H26N2O3/c1-12-5-7-13(8-6-12)17-15(4-3-9-22-17)19-16(20)10-14(11-18)21-2/h5-8,14-15,17H,3-4,9-11,18H2,1-2H3,(H,19,20). The molecular formula is C17H26N2O3. The quantitative estimate of drug-likeness (QED) is 0.839. The first-order valence-electron chi connectivity index (χ1n) is 7.84. The fourth-order valence-electron chi connectivity index (χ4n) is 2.75. The number of carbonyl (C=O) groups excluding carboxylic acids is 1. The number of nitrogens with one attached hydrogen (secondary N) is 1. The summed E-state index contributed by atoms with van der Waals surface area (Å²) in [6.07, 6.45) is 1.84. The van der Waals surface area contributed by atoms with Crippen LogP contribution in [0, 0.1) is 6.92 Å². The summed E-state index contributed by atoms with van der Waals surface area (Å²) in [4.78, 5) is 12.2. The Morgan fingerprint density at radius 2 is 2.18 bits per heavy atom. The van der Waals surface area contributed by atoms with Gasteiger partial charge in [0.05, 0.1) is 18.6 Å². The molecule has 2 rings (SSSR count). The molecular weight excluding hydrogens is 280 g/mol. The summed E-state index contributed by atoms with van der Waals surface area (Å²) in [5, 5.41) is 3.08. The van der Waals surface area contributed by atoms with Crippen molar-refractivity contribution in [3.05, 3.63) is 35.4 Å². The average Bonchev–Trinajstić information content (AvgIpc) is 2.54. The lowest BCUT2D eigenvalue weighted by molar-refractivity contribution is -0.126. The zero-order chi connectivity index (χ0) is 15.9. The molecule has 122 valence electrons. The fraction of sp³-hybridized carbons (Fsp3) is 0.588. The van der Waals surface area contributed by atoms with Gasteiger partial charge in [0, 0.05) is 20.3 Å². The predicted molar refractivity (Wildman–Crippen MR) is 85.5 cm³/mol. The molecule has 1 aliphatic heterocycles. The van der Waals surface area contributed by atoms with E-state index in [-0.39, 0.29) is 30.6 Å². The summed E-state index contributed by atoms with van der Waals surface area (Å²) >= 11 is 0. The Balaban J connectivity index is 2.00. The molecule has 3 atom stereocenters. The van der Waals surface area contributed by atoms with Crippen LogP contribution in [0.2, 0.25) is 0 Å². The van der Waals surface area contributed by atoms with Crippen LogP contribution in [0.4, 0.5) is 0 Å². The van der Waals surface area contributed by atoms with Crippen molar-refractivity contribution in [2.24, 2.45) is 5.73 Å². The number of rotatable bonds is 6. The van der Waals surface area contributed by atoms with Crippen LogP contribution < -0.4 is 11.1 Å². The molecule has 1 amide bonds. The van der Waals surface area contributed by atoms with Crippen LogP contribution in [0.3, 0.4) is 0 Å². The summed E-state index contributed by atoms with van der Waals surface area (Å²) in [7, 11) is 1.57. The molecule has 1 aliphatic rings. The second-order valence-corrected chi connectivity index (χ2v) is 5.82. The molecule has 3 unspecified atom stereocenters. The van der Waals surface area contributed by atoms with E-state index < -0.39 is 0 Å². The Morgan fingerprint density at radius 1 is 1.45 bits per heavy atom. The number of benzene rings is 1. The van der Waals surface area contributed by atoms with Gasteiger partial charge in [0.2, 0.25) is 5.91 Å². The summed E-state index contributed by atoms with van der Waals surface area (Å²) < 4.78 is 11.1. The van der Waals surface area contributed by atoms with E-state index in [1.54, 1.807) is 7.11 Å². The molecule has 0 radical (unpaired) electrons. The van der Waals surface area contributed by atoms with Gasteiger partial charge in [-0.25, -0.2) is 0 Å². The minimum absolute atomic E-state index is 0.000707. The Labute approximate surface area is 132 Å². The second-order valence-electron chi connectivity index (χ2n) is 5.82. The van der Waals surface area contributed by atoms with Gasteiger partial charge in [-0.15, -0.1) is 0 Å². The van der Waals surface area contributed by atoms with E-state index in [2.05, 4.69) is 36.5 Å². The molecule has 3 N–H and O–H groups in total. The third-order valence-corrected chi connectivity index (χ3v) is 4.08. The molecule has 0 saturated carbocycles. The number of hydrogen-bond acceptors (Lipinski definition) is 4.